The molecule has 0 amide bonds. The number of hydrogen-bond acceptors (Lipinski definition) is 11. The summed E-state index contributed by atoms with van der Waals surface area (Å²) in [7, 11) is 1.96. The van der Waals surface area contributed by atoms with E-state index in [0.717, 1.165) is 28.2 Å². The summed E-state index contributed by atoms with van der Waals surface area (Å²) in [5.74, 6) is 2.18. The number of benzene rings is 3. The second kappa shape index (κ2) is 17.7. The van der Waals surface area contributed by atoms with Gasteiger partial charge in [-0.15, -0.1) is 0 Å². The van der Waals surface area contributed by atoms with Gasteiger partial charge in [0.1, 0.15) is 0 Å². The third-order valence-electron chi connectivity index (χ3n) is 5.64. The van der Waals surface area contributed by atoms with E-state index in [0.29, 0.717) is 5.75 Å². The fraction of sp³-hybridized carbons (Fsp3) is 0.333. The van der Waals surface area contributed by atoms with Gasteiger partial charge < -0.3 is 0 Å². The maximum atomic E-state index is 6.37. The molecule has 11 nitrogen and oxygen atoms in total. The predicted molar refractivity (Wildman–Crippen MR) is 163 cm³/mol. The summed E-state index contributed by atoms with van der Waals surface area (Å²) in [5, 5.41) is 0. The first-order chi connectivity index (χ1) is 20.0. The molecule has 14 heteroatoms. The molecule has 0 heterocycles. The van der Waals surface area contributed by atoms with Gasteiger partial charge in [0.05, 0.1) is 0 Å². The third kappa shape index (κ3) is 10.9. The number of methoxy groups -OCH3 is 3. The Labute approximate surface area is 244 Å². The Balaban J connectivity index is 1.83. The van der Waals surface area contributed by atoms with Gasteiger partial charge >= 0.3 is 245 Å². The van der Waals surface area contributed by atoms with Gasteiger partial charge in [-0.1, -0.05) is 0 Å². The van der Waals surface area contributed by atoms with Crippen molar-refractivity contribution in [1.29, 1.82) is 0 Å². The van der Waals surface area contributed by atoms with Crippen molar-refractivity contribution in [3.05, 3.63) is 89.5 Å². The number of hydrogen-bond donors (Lipinski definition) is 1. The number of nitrogens with one attached hydrogen (secondary N) is 1. The van der Waals surface area contributed by atoms with Gasteiger partial charge in [0.2, 0.25) is 0 Å². The van der Waals surface area contributed by atoms with Gasteiger partial charge in [0.25, 0.3) is 0 Å². The molecule has 3 rings (SSSR count). The summed E-state index contributed by atoms with van der Waals surface area (Å²) < 4.78 is 56.6. The monoisotopic (exact) mass is 628 g/mol. The molecular weight excluding hydrogens is 589 g/mol. The van der Waals surface area contributed by atoms with Crippen molar-refractivity contribution < 1.29 is 41.4 Å². The van der Waals surface area contributed by atoms with Crippen LogP contribution in [-0.4, -0.2) is 42.7 Å². The van der Waals surface area contributed by atoms with Crippen molar-refractivity contribution in [3.63, 3.8) is 0 Å². The van der Waals surface area contributed by atoms with Gasteiger partial charge in [-0.2, -0.15) is 0 Å². The van der Waals surface area contributed by atoms with Crippen LogP contribution in [0.4, 0.5) is 0 Å². The van der Waals surface area contributed by atoms with Crippen LogP contribution in [0.15, 0.2) is 77.3 Å². The van der Waals surface area contributed by atoms with Gasteiger partial charge in [-0.3, -0.25) is 0 Å². The first-order valence-corrected chi connectivity index (χ1v) is 16.8. The molecule has 0 saturated heterocycles. The van der Waals surface area contributed by atoms with E-state index in [1.54, 1.807) is 35.5 Å². The first kappa shape index (κ1) is 33.4. The van der Waals surface area contributed by atoms with Crippen LogP contribution >= 0.6 is 24.7 Å². The third-order valence-corrected chi connectivity index (χ3v) is 11.9. The average molecular weight is 629 g/mol. The van der Waals surface area contributed by atoms with E-state index < -0.39 is 24.7 Å². The minimum atomic E-state index is -3.60. The molecule has 0 aromatic heterocycles. The zero-order valence-electron chi connectivity index (χ0n) is 24.1. The van der Waals surface area contributed by atoms with Crippen LogP contribution in [0.1, 0.15) is 16.7 Å². The molecule has 0 saturated carbocycles. The van der Waals surface area contributed by atoms with Gasteiger partial charge in [-0.05, 0) is 0 Å². The normalized spacial score (nSPS) is 13.5. The van der Waals surface area contributed by atoms with E-state index in [2.05, 4.69) is 4.86 Å². The van der Waals surface area contributed by atoms with Crippen molar-refractivity contribution in [2.45, 2.75) is 19.8 Å². The molecule has 0 radical (unpaired) electrons. The second-order valence-electron chi connectivity index (χ2n) is 8.32. The summed E-state index contributed by atoms with van der Waals surface area (Å²) >= 11 is 0. The Morgan fingerprint density at radius 3 is 1.68 bits per heavy atom. The van der Waals surface area contributed by atoms with E-state index in [-0.39, 0.29) is 19.8 Å². The molecule has 0 aliphatic heterocycles. The van der Waals surface area contributed by atoms with E-state index in [9.17, 15) is 0 Å². The fourth-order valence-electron chi connectivity index (χ4n) is 3.49. The first-order valence-electron chi connectivity index (χ1n) is 12.6. The van der Waals surface area contributed by atoms with Crippen molar-refractivity contribution in [3.8, 4) is 17.2 Å². The Bertz CT molecular complexity index is 1250. The van der Waals surface area contributed by atoms with E-state index in [1.807, 2.05) is 72.8 Å². The van der Waals surface area contributed by atoms with Crippen molar-refractivity contribution in [2.24, 2.45) is 4.52 Å². The molecule has 0 bridgehead atoms. The minimum absolute atomic E-state index is 0.186. The van der Waals surface area contributed by atoms with Crippen LogP contribution in [0.5, 0.6) is 17.2 Å². The van der Waals surface area contributed by atoms with Gasteiger partial charge in [0.15, 0.2) is 0 Å². The number of rotatable bonds is 18. The molecule has 3 aromatic rings. The molecule has 41 heavy (non-hydrogen) atoms. The zero-order chi connectivity index (χ0) is 29.5. The van der Waals surface area contributed by atoms with Crippen LogP contribution in [0.3, 0.4) is 0 Å². The Hall–Kier alpha value is -2.13. The molecule has 0 fully saturated rings. The van der Waals surface area contributed by atoms with Crippen molar-refractivity contribution >= 4 is 24.7 Å². The average Bonchev–Trinajstić information content (AvgIpc) is 3.03. The second-order valence-corrected chi connectivity index (χ2v) is 14.3. The molecule has 226 valence electrons. The molecule has 2 atom stereocenters. The van der Waals surface area contributed by atoms with Crippen LogP contribution in [-0.2, 0) is 47.0 Å². The summed E-state index contributed by atoms with van der Waals surface area (Å²) in [6.07, 6.45) is 0. The van der Waals surface area contributed by atoms with Gasteiger partial charge in [0, 0.05) is 0 Å². The molecular formula is C27H39N2O9P3. The molecule has 0 spiro atoms. The number of nitrogens with zero attached hydrogens (tertiary/aromatic N) is 1. The number of ether oxygens (including phenoxy) is 3. The fourth-order valence-corrected chi connectivity index (χ4v) is 9.78. The van der Waals surface area contributed by atoms with Crippen LogP contribution < -0.4 is 19.1 Å². The Morgan fingerprint density at radius 1 is 0.707 bits per heavy atom. The predicted octanol–water partition coefficient (Wildman–Crippen LogP) is 7.06. The molecule has 0 aliphatic rings. The Kier molecular flexibility index (Phi) is 14.4. The van der Waals surface area contributed by atoms with E-state index in [1.165, 1.54) is 7.11 Å². The quantitative estimate of drug-likeness (QED) is 0.147. The summed E-state index contributed by atoms with van der Waals surface area (Å²) in [6, 6.07) is 22.8. The molecule has 2 unspecified atom stereocenters. The van der Waals surface area contributed by atoms with Crippen LogP contribution in [0.2, 0.25) is 0 Å². The SMILES string of the molecule is COc1cccc(COP(N[PH](/N=[PH](/OC)OCc2cccc(OC)c2)(OC)OCc2cccc(OC)c2)OC)c1. The van der Waals surface area contributed by atoms with Gasteiger partial charge in [-0.25, -0.2) is 0 Å². The van der Waals surface area contributed by atoms with E-state index in [4.69, 9.17) is 45.9 Å². The van der Waals surface area contributed by atoms with E-state index >= 15 is 0 Å². The maximum absolute atomic E-state index is 6.37. The van der Waals surface area contributed by atoms with Crippen molar-refractivity contribution in [2.75, 3.05) is 42.7 Å². The van der Waals surface area contributed by atoms with Crippen LogP contribution in [0, 0.1) is 0 Å². The zero-order valence-corrected chi connectivity index (χ0v) is 27.0. The van der Waals surface area contributed by atoms with Crippen LogP contribution in [0.25, 0.3) is 0 Å². The standard InChI is InChI=1S/C27H39N2O9P3/c1-30-25-13-7-10-22(16-25)19-36-39(33-4)28-41(35-6,38-21-24-12-9-15-27(18-24)32-3)29-40(34-5)37-20-23-11-8-14-26(17-23)31-2/h7-18,28,40-41H,19-21H2,1-6H3. The summed E-state index contributed by atoms with van der Waals surface area (Å²) in [4.78, 5) is 3.28. The molecule has 3 aromatic carbocycles. The van der Waals surface area contributed by atoms with Crippen molar-refractivity contribution in [1.82, 2.24) is 4.86 Å². The molecule has 0 aliphatic carbocycles. The summed E-state index contributed by atoms with van der Waals surface area (Å²) in [5.41, 5.74) is 2.70. The molecule has 1 N–H and O–H groups in total. The topological polar surface area (TPSA) is 107 Å². The Morgan fingerprint density at radius 2 is 1.22 bits per heavy atom. The summed E-state index contributed by atoms with van der Waals surface area (Å²) in [6.45, 7) is 0.714.